The molecule has 0 aliphatic rings. The van der Waals surface area contributed by atoms with Crippen molar-refractivity contribution < 1.29 is 44.7 Å². The van der Waals surface area contributed by atoms with Crippen LogP contribution in [0.25, 0.3) is 0 Å². The van der Waals surface area contributed by atoms with Gasteiger partial charge in [-0.2, -0.15) is 31.3 Å². The van der Waals surface area contributed by atoms with Crippen LogP contribution < -0.4 is 16.4 Å². The third-order valence-corrected chi connectivity index (χ3v) is 5.24. The number of amides is 2. The van der Waals surface area contributed by atoms with Crippen molar-refractivity contribution in [3.63, 3.8) is 0 Å². The topological polar surface area (TPSA) is 148 Å². The number of hydrogen-bond donors (Lipinski definition) is 3. The second kappa shape index (κ2) is 15.9. The highest BCUT2D eigenvalue weighted by atomic mass is 35.5. The van der Waals surface area contributed by atoms with Gasteiger partial charge in [0.1, 0.15) is 21.9 Å². The number of alkyl halides is 6. The summed E-state index contributed by atoms with van der Waals surface area (Å²) in [6, 6.07) is 6.30. The minimum Gasteiger partial charge on any atom is -0.368 e. The van der Waals surface area contributed by atoms with E-state index in [0.29, 0.717) is 35.1 Å². The van der Waals surface area contributed by atoms with E-state index in [1.807, 2.05) is 6.92 Å². The largest absolute Gasteiger partial charge is 0.419 e. The van der Waals surface area contributed by atoms with Gasteiger partial charge in [0.15, 0.2) is 0 Å². The number of nitrogen functional groups attached to an aromatic ring is 1. The number of aromatic nitrogens is 4. The number of anilines is 3. The first-order valence-electron chi connectivity index (χ1n) is 12.0. The molecule has 10 nitrogen and oxygen atoms in total. The highest BCUT2D eigenvalue weighted by Gasteiger charge is 2.35. The Morgan fingerprint density at radius 1 is 0.783 bits per heavy atom. The van der Waals surface area contributed by atoms with Gasteiger partial charge in [0.25, 0.3) is 0 Å². The summed E-state index contributed by atoms with van der Waals surface area (Å²) in [5.74, 6) is -2.73. The third kappa shape index (κ3) is 12.2. The predicted molar refractivity (Wildman–Crippen MR) is 151 cm³/mol. The van der Waals surface area contributed by atoms with Gasteiger partial charge in [-0.3, -0.25) is 5.32 Å². The number of nitrogens with two attached hydrogens (primary N) is 1. The number of aliphatic imine (C=N–C) groups is 1. The lowest BCUT2D eigenvalue weighted by atomic mass is 10.2. The van der Waals surface area contributed by atoms with Crippen LogP contribution in [-0.2, 0) is 17.1 Å². The highest BCUT2D eigenvalue weighted by Crippen LogP contribution is 2.34. The Labute approximate surface area is 263 Å². The van der Waals surface area contributed by atoms with E-state index >= 15 is 0 Å². The number of nitrogens with one attached hydrogen (secondary N) is 2. The van der Waals surface area contributed by atoms with Crippen LogP contribution in [0.2, 0.25) is 10.3 Å². The van der Waals surface area contributed by atoms with Crippen molar-refractivity contribution in [3.8, 4) is 0 Å². The molecule has 0 unspecified atom stereocenters. The number of nitrogens with zero attached hydrogens (tertiary/aromatic N) is 5. The highest BCUT2D eigenvalue weighted by molar-refractivity contribution is 6.29. The van der Waals surface area contributed by atoms with Crippen molar-refractivity contribution in [1.29, 1.82) is 0 Å². The summed E-state index contributed by atoms with van der Waals surface area (Å²) in [6.07, 6.45) is -8.60. The standard InChI is InChI=1S/C13H9ClF4N4O.C8H3F4NO.C5H6ClN3/c1-6-4-10(14)21-11(19-6)22-12(23)20-7-2-3-9(15)8(5-7)13(16,17)18;9-7-2-1-5(13-4-14)3-6(7)8(10,11)12;1-3-2-4(6)9-5(7)8-3/h2-5H,1H3,(H2,19,20,21,22,23);1-3H;2H,1H3,(H2,7,8,9). The lowest BCUT2D eigenvalue weighted by molar-refractivity contribution is -0.140. The summed E-state index contributed by atoms with van der Waals surface area (Å²) >= 11 is 11.2. The molecule has 0 fully saturated rings. The first-order valence-corrected chi connectivity index (χ1v) is 12.7. The lowest BCUT2D eigenvalue weighted by Crippen LogP contribution is -2.21. The maximum atomic E-state index is 13.2. The van der Waals surface area contributed by atoms with Gasteiger partial charge in [-0.15, -0.1) is 0 Å². The van der Waals surface area contributed by atoms with E-state index < -0.39 is 41.1 Å². The summed E-state index contributed by atoms with van der Waals surface area (Å²) in [6.45, 7) is 3.43. The number of isocyanates is 1. The molecule has 0 aliphatic carbocycles. The van der Waals surface area contributed by atoms with Crippen LogP contribution in [0.1, 0.15) is 22.5 Å². The van der Waals surface area contributed by atoms with Crippen molar-refractivity contribution in [2.45, 2.75) is 26.2 Å². The van der Waals surface area contributed by atoms with Gasteiger partial charge in [-0.1, -0.05) is 23.2 Å². The van der Waals surface area contributed by atoms with Gasteiger partial charge in [0, 0.05) is 17.1 Å². The van der Waals surface area contributed by atoms with E-state index in [4.69, 9.17) is 28.9 Å². The van der Waals surface area contributed by atoms with Gasteiger partial charge >= 0.3 is 18.4 Å². The Balaban J connectivity index is 0.000000270. The fourth-order valence-corrected chi connectivity index (χ4v) is 3.56. The molecule has 4 N–H and O–H groups in total. The van der Waals surface area contributed by atoms with Crippen LogP contribution in [0, 0.1) is 25.5 Å². The molecule has 2 heterocycles. The fraction of sp³-hybridized carbons (Fsp3) is 0.154. The molecule has 4 aromatic rings. The number of hydrogen-bond acceptors (Lipinski definition) is 8. The molecule has 0 atom stereocenters. The first kappa shape index (κ1) is 37.3. The molecule has 244 valence electrons. The van der Waals surface area contributed by atoms with E-state index in [0.717, 1.165) is 23.9 Å². The minimum atomic E-state index is -4.87. The number of benzene rings is 2. The molecule has 2 aromatic heterocycles. The lowest BCUT2D eigenvalue weighted by Gasteiger charge is -2.11. The van der Waals surface area contributed by atoms with Gasteiger partial charge in [-0.05, 0) is 62.4 Å². The van der Waals surface area contributed by atoms with Crippen molar-refractivity contribution in [2.24, 2.45) is 4.99 Å². The van der Waals surface area contributed by atoms with Crippen LogP contribution in [0.4, 0.5) is 63.2 Å². The van der Waals surface area contributed by atoms with Crippen molar-refractivity contribution >= 4 is 58.6 Å². The molecule has 0 saturated carbocycles. The van der Waals surface area contributed by atoms with Crippen LogP contribution in [-0.4, -0.2) is 32.0 Å². The van der Waals surface area contributed by atoms with E-state index in [2.05, 4.69) is 35.6 Å². The van der Waals surface area contributed by atoms with Crippen molar-refractivity contribution in [3.05, 3.63) is 93.0 Å². The zero-order chi connectivity index (χ0) is 34.8. The van der Waals surface area contributed by atoms with E-state index in [-0.39, 0.29) is 28.4 Å². The maximum Gasteiger partial charge on any atom is 0.419 e. The monoisotopic (exact) mass is 696 g/mol. The van der Waals surface area contributed by atoms with Gasteiger partial charge in [0.05, 0.1) is 16.8 Å². The van der Waals surface area contributed by atoms with E-state index in [1.165, 1.54) is 6.07 Å². The van der Waals surface area contributed by atoms with Gasteiger partial charge in [0.2, 0.25) is 18.0 Å². The molecular formula is C26H18Cl2F8N8O2. The Morgan fingerprint density at radius 3 is 1.80 bits per heavy atom. The predicted octanol–water partition coefficient (Wildman–Crippen LogP) is 8.07. The van der Waals surface area contributed by atoms with Crippen LogP contribution in [0.15, 0.2) is 53.5 Å². The SMILES string of the molecule is Cc1cc(Cl)nc(N)n1.Cc1cc(Cl)nc(NC(=O)Nc2ccc(F)c(C(F)(F)F)c2)n1.O=C=Nc1ccc(F)c(C(F)(F)F)c1. The minimum absolute atomic E-state index is 0.0916. The zero-order valence-corrected chi connectivity index (χ0v) is 24.5. The van der Waals surface area contributed by atoms with Gasteiger partial charge < -0.3 is 11.1 Å². The summed E-state index contributed by atoms with van der Waals surface area (Å²) in [5.41, 5.74) is 3.07. The third-order valence-electron chi connectivity index (χ3n) is 4.85. The number of halogens is 10. The van der Waals surface area contributed by atoms with Crippen LogP contribution in [0.3, 0.4) is 0 Å². The number of aryl methyl sites for hydroxylation is 2. The number of carbonyl (C=O) groups is 1. The molecule has 2 amide bonds. The Bertz CT molecular complexity index is 1680. The smallest absolute Gasteiger partial charge is 0.368 e. The van der Waals surface area contributed by atoms with Crippen LogP contribution >= 0.6 is 23.2 Å². The quantitative estimate of drug-likeness (QED) is 0.0849. The van der Waals surface area contributed by atoms with Gasteiger partial charge in [-0.25, -0.2) is 38.3 Å². The molecule has 20 heteroatoms. The fourth-order valence-electron chi connectivity index (χ4n) is 3.07. The molecule has 0 radical (unpaired) electrons. The van der Waals surface area contributed by atoms with Crippen molar-refractivity contribution in [2.75, 3.05) is 16.4 Å². The Kier molecular flexibility index (Phi) is 12.9. The average molecular weight is 697 g/mol. The molecule has 0 aliphatic heterocycles. The van der Waals surface area contributed by atoms with Crippen molar-refractivity contribution in [1.82, 2.24) is 19.9 Å². The summed E-state index contributed by atoms with van der Waals surface area (Å²) in [7, 11) is 0. The Hall–Kier alpha value is -4.93. The summed E-state index contributed by atoms with van der Waals surface area (Å²) in [4.78, 5) is 39.5. The number of rotatable bonds is 3. The maximum absolute atomic E-state index is 13.2. The molecule has 0 bridgehead atoms. The summed E-state index contributed by atoms with van der Waals surface area (Å²) in [5, 5.41) is 4.82. The summed E-state index contributed by atoms with van der Waals surface area (Å²) < 4.78 is 99.9. The number of carbonyl (C=O) groups excluding carboxylic acids is 2. The first-order chi connectivity index (χ1) is 21.3. The second-order valence-corrected chi connectivity index (χ2v) is 9.26. The number of urea groups is 1. The molecule has 0 spiro atoms. The molecule has 2 aromatic carbocycles. The Morgan fingerprint density at radius 2 is 1.30 bits per heavy atom. The second-order valence-electron chi connectivity index (χ2n) is 8.48. The zero-order valence-electron chi connectivity index (χ0n) is 23.0. The molecular weight excluding hydrogens is 679 g/mol. The van der Waals surface area contributed by atoms with E-state index in [9.17, 15) is 44.7 Å². The molecule has 0 saturated heterocycles. The average Bonchev–Trinajstić information content (AvgIpc) is 2.89. The molecule has 4 rings (SSSR count). The molecule has 46 heavy (non-hydrogen) atoms. The van der Waals surface area contributed by atoms with E-state index in [1.54, 1.807) is 13.0 Å². The van der Waals surface area contributed by atoms with Crippen LogP contribution in [0.5, 0.6) is 0 Å². The normalized spacial score (nSPS) is 10.8.